The van der Waals surface area contributed by atoms with Gasteiger partial charge in [0.25, 0.3) is 5.91 Å². The van der Waals surface area contributed by atoms with Gasteiger partial charge in [-0.25, -0.2) is 9.97 Å². The van der Waals surface area contributed by atoms with Crippen LogP contribution in [0.15, 0.2) is 59.9 Å². The Morgan fingerprint density at radius 2 is 1.89 bits per heavy atom. The van der Waals surface area contributed by atoms with Gasteiger partial charge < -0.3 is 10.1 Å². The van der Waals surface area contributed by atoms with Crippen molar-refractivity contribution in [3.8, 4) is 5.75 Å². The molecule has 28 heavy (non-hydrogen) atoms. The first-order valence-electron chi connectivity index (χ1n) is 8.49. The zero-order valence-corrected chi connectivity index (χ0v) is 17.3. The second kappa shape index (κ2) is 9.78. The second-order valence-corrected chi connectivity index (χ2v) is 7.43. The summed E-state index contributed by atoms with van der Waals surface area (Å²) in [6.45, 7) is 2.37. The Balaban J connectivity index is 1.73. The SMILES string of the molecule is CCOc1ccccc1NC(=O)c1nc(SCc2ccc(Cl)cc2)ncc1Cl. The maximum atomic E-state index is 12.7. The maximum absolute atomic E-state index is 12.7. The van der Waals surface area contributed by atoms with Gasteiger partial charge in [-0.15, -0.1) is 0 Å². The number of amides is 1. The zero-order chi connectivity index (χ0) is 19.9. The minimum absolute atomic E-state index is 0.113. The van der Waals surface area contributed by atoms with Gasteiger partial charge >= 0.3 is 0 Å². The standard InChI is InChI=1S/C20H17Cl2N3O2S/c1-2-27-17-6-4-3-5-16(17)24-19(26)18-15(22)11-23-20(25-18)28-12-13-7-9-14(21)10-8-13/h3-11H,2,12H2,1H3,(H,24,26). The van der Waals surface area contributed by atoms with E-state index < -0.39 is 5.91 Å². The lowest BCUT2D eigenvalue weighted by Crippen LogP contribution is -2.16. The summed E-state index contributed by atoms with van der Waals surface area (Å²) in [5.74, 6) is 0.807. The van der Waals surface area contributed by atoms with Crippen LogP contribution in [0.4, 0.5) is 5.69 Å². The summed E-state index contributed by atoms with van der Waals surface area (Å²) >= 11 is 13.5. The highest BCUT2D eigenvalue weighted by atomic mass is 35.5. The molecule has 0 atom stereocenters. The molecule has 0 fully saturated rings. The summed E-state index contributed by atoms with van der Waals surface area (Å²) in [5.41, 5.74) is 1.74. The third kappa shape index (κ3) is 5.38. The Hall–Kier alpha value is -2.28. The Bertz CT molecular complexity index is 968. The number of thioether (sulfide) groups is 1. The molecule has 0 spiro atoms. The maximum Gasteiger partial charge on any atom is 0.276 e. The molecule has 5 nitrogen and oxygen atoms in total. The van der Waals surface area contributed by atoms with Crippen molar-refractivity contribution >= 4 is 46.6 Å². The zero-order valence-electron chi connectivity index (χ0n) is 15.0. The molecule has 1 amide bonds. The Morgan fingerprint density at radius 3 is 2.64 bits per heavy atom. The number of hydrogen-bond donors (Lipinski definition) is 1. The average Bonchev–Trinajstić information content (AvgIpc) is 2.70. The number of carbonyl (C=O) groups is 1. The van der Waals surface area contributed by atoms with Crippen molar-refractivity contribution in [3.63, 3.8) is 0 Å². The first-order chi connectivity index (χ1) is 13.6. The summed E-state index contributed by atoms with van der Waals surface area (Å²) in [7, 11) is 0. The summed E-state index contributed by atoms with van der Waals surface area (Å²) in [5, 5.41) is 4.12. The molecule has 144 valence electrons. The minimum Gasteiger partial charge on any atom is -0.492 e. The second-order valence-electron chi connectivity index (χ2n) is 5.65. The minimum atomic E-state index is -0.423. The molecule has 3 rings (SSSR count). The van der Waals surface area contributed by atoms with E-state index in [4.69, 9.17) is 27.9 Å². The van der Waals surface area contributed by atoms with E-state index in [9.17, 15) is 4.79 Å². The lowest BCUT2D eigenvalue weighted by Gasteiger charge is -2.11. The van der Waals surface area contributed by atoms with Gasteiger partial charge in [-0.05, 0) is 36.8 Å². The molecular weight excluding hydrogens is 417 g/mol. The van der Waals surface area contributed by atoms with Gasteiger partial charge in [0.2, 0.25) is 0 Å². The summed E-state index contributed by atoms with van der Waals surface area (Å²) in [4.78, 5) is 21.2. The lowest BCUT2D eigenvalue weighted by molar-refractivity contribution is 0.102. The molecule has 1 N–H and O–H groups in total. The highest BCUT2D eigenvalue weighted by Gasteiger charge is 2.16. The van der Waals surface area contributed by atoms with Gasteiger partial charge in [-0.3, -0.25) is 4.79 Å². The number of aromatic nitrogens is 2. The van der Waals surface area contributed by atoms with Crippen molar-refractivity contribution in [1.82, 2.24) is 9.97 Å². The molecule has 0 aliphatic heterocycles. The lowest BCUT2D eigenvalue weighted by atomic mass is 10.2. The van der Waals surface area contributed by atoms with Crippen molar-refractivity contribution in [1.29, 1.82) is 0 Å². The molecule has 2 aromatic carbocycles. The average molecular weight is 434 g/mol. The van der Waals surface area contributed by atoms with Crippen LogP contribution in [0.25, 0.3) is 0 Å². The van der Waals surface area contributed by atoms with Gasteiger partial charge in [-0.1, -0.05) is 59.2 Å². The Morgan fingerprint density at radius 1 is 1.14 bits per heavy atom. The van der Waals surface area contributed by atoms with Crippen LogP contribution in [0.1, 0.15) is 23.0 Å². The van der Waals surface area contributed by atoms with Gasteiger partial charge in [0, 0.05) is 10.8 Å². The predicted molar refractivity (Wildman–Crippen MR) is 114 cm³/mol. The predicted octanol–water partition coefficient (Wildman–Crippen LogP) is 5.73. The molecule has 0 saturated heterocycles. The molecule has 0 bridgehead atoms. The molecule has 0 radical (unpaired) electrons. The Labute approximate surface area is 177 Å². The number of benzene rings is 2. The normalized spacial score (nSPS) is 10.5. The molecule has 0 aliphatic carbocycles. The number of halogens is 2. The van der Waals surface area contributed by atoms with Crippen LogP contribution >= 0.6 is 35.0 Å². The third-order valence-electron chi connectivity index (χ3n) is 3.65. The van der Waals surface area contributed by atoms with E-state index in [1.54, 1.807) is 12.1 Å². The fraction of sp³-hybridized carbons (Fsp3) is 0.150. The quantitative estimate of drug-likeness (QED) is 0.380. The summed E-state index contributed by atoms with van der Waals surface area (Å²) < 4.78 is 5.53. The van der Waals surface area contributed by atoms with Gasteiger partial charge in [0.15, 0.2) is 10.9 Å². The first kappa shape index (κ1) is 20.5. The van der Waals surface area contributed by atoms with E-state index in [0.29, 0.717) is 34.0 Å². The molecule has 0 unspecified atom stereocenters. The van der Waals surface area contributed by atoms with Crippen LogP contribution in [0.2, 0.25) is 10.0 Å². The van der Waals surface area contributed by atoms with Crippen LogP contribution in [0.5, 0.6) is 5.75 Å². The highest BCUT2D eigenvalue weighted by Crippen LogP contribution is 2.26. The van der Waals surface area contributed by atoms with Gasteiger partial charge in [0.05, 0.1) is 23.5 Å². The third-order valence-corrected chi connectivity index (χ3v) is 5.11. The van der Waals surface area contributed by atoms with E-state index in [0.717, 1.165) is 5.56 Å². The molecule has 3 aromatic rings. The topological polar surface area (TPSA) is 64.1 Å². The van der Waals surface area contributed by atoms with E-state index in [1.807, 2.05) is 43.3 Å². The fourth-order valence-corrected chi connectivity index (χ4v) is 3.42. The van der Waals surface area contributed by atoms with Crippen molar-refractivity contribution in [2.45, 2.75) is 17.8 Å². The van der Waals surface area contributed by atoms with Crippen molar-refractivity contribution in [2.75, 3.05) is 11.9 Å². The van der Waals surface area contributed by atoms with Crippen LogP contribution < -0.4 is 10.1 Å². The van der Waals surface area contributed by atoms with Crippen LogP contribution in [0, 0.1) is 0 Å². The highest BCUT2D eigenvalue weighted by molar-refractivity contribution is 7.98. The smallest absolute Gasteiger partial charge is 0.276 e. The number of rotatable bonds is 7. The number of anilines is 1. The van der Waals surface area contributed by atoms with Crippen molar-refractivity contribution < 1.29 is 9.53 Å². The van der Waals surface area contributed by atoms with E-state index in [1.165, 1.54) is 18.0 Å². The number of nitrogens with zero attached hydrogens (tertiary/aromatic N) is 2. The number of hydrogen-bond acceptors (Lipinski definition) is 5. The number of nitrogens with one attached hydrogen (secondary N) is 1. The van der Waals surface area contributed by atoms with Crippen molar-refractivity contribution in [3.05, 3.63) is 76.0 Å². The molecule has 8 heteroatoms. The summed E-state index contributed by atoms with van der Waals surface area (Å²) in [6.07, 6.45) is 1.43. The number of ether oxygens (including phenoxy) is 1. The largest absolute Gasteiger partial charge is 0.492 e. The molecular formula is C20H17Cl2N3O2S. The van der Waals surface area contributed by atoms with Crippen molar-refractivity contribution in [2.24, 2.45) is 0 Å². The first-order valence-corrected chi connectivity index (χ1v) is 10.2. The van der Waals surface area contributed by atoms with E-state index in [-0.39, 0.29) is 10.7 Å². The van der Waals surface area contributed by atoms with Gasteiger partial charge in [-0.2, -0.15) is 0 Å². The Kier molecular flexibility index (Phi) is 7.14. The monoisotopic (exact) mass is 433 g/mol. The number of carbonyl (C=O) groups excluding carboxylic acids is 1. The van der Waals surface area contributed by atoms with Gasteiger partial charge in [0.1, 0.15) is 5.75 Å². The molecule has 1 aromatic heterocycles. The van der Waals surface area contributed by atoms with E-state index in [2.05, 4.69) is 15.3 Å². The van der Waals surface area contributed by atoms with Crippen LogP contribution in [-0.2, 0) is 5.75 Å². The summed E-state index contributed by atoms with van der Waals surface area (Å²) in [6, 6.07) is 14.7. The molecule has 0 aliphatic rings. The van der Waals surface area contributed by atoms with Crippen LogP contribution in [0.3, 0.4) is 0 Å². The molecule has 0 saturated carbocycles. The van der Waals surface area contributed by atoms with Crippen LogP contribution in [-0.4, -0.2) is 22.5 Å². The fourth-order valence-electron chi connectivity index (χ4n) is 2.34. The molecule has 1 heterocycles. The number of para-hydroxylation sites is 2. The van der Waals surface area contributed by atoms with E-state index >= 15 is 0 Å².